The molecule has 0 bridgehead atoms. The molecule has 0 fully saturated rings. The van der Waals surface area contributed by atoms with Crippen LogP contribution in [0.15, 0.2) is 60.7 Å². The number of hydrogen-bond donors (Lipinski definition) is 1. The largest absolute Gasteiger partial charge is 0.508 e. The van der Waals surface area contributed by atoms with Crippen molar-refractivity contribution in [1.29, 1.82) is 0 Å². The third-order valence-corrected chi connectivity index (χ3v) is 2.52. The Morgan fingerprint density at radius 2 is 1.74 bits per heavy atom. The minimum absolute atomic E-state index is 0.217. The minimum atomic E-state index is -0.337. The lowest BCUT2D eigenvalue weighted by molar-refractivity contribution is 0.0550. The van der Waals surface area contributed by atoms with Gasteiger partial charge in [-0.15, -0.1) is 0 Å². The maximum atomic E-state index is 11.6. The molecule has 0 saturated heterocycles. The molecule has 0 aromatic heterocycles. The molecule has 2 rings (SSSR count). The topological polar surface area (TPSA) is 46.5 Å². The predicted molar refractivity (Wildman–Crippen MR) is 73.9 cm³/mol. The Morgan fingerprint density at radius 1 is 1.05 bits per heavy atom. The van der Waals surface area contributed by atoms with Crippen LogP contribution in [0, 0.1) is 0 Å². The van der Waals surface area contributed by atoms with Gasteiger partial charge in [-0.25, -0.2) is 4.79 Å². The number of hydrogen-bond acceptors (Lipinski definition) is 3. The summed E-state index contributed by atoms with van der Waals surface area (Å²) in [6.07, 6.45) is 3.59. The first-order valence-corrected chi connectivity index (χ1v) is 5.93. The summed E-state index contributed by atoms with van der Waals surface area (Å²) in [5.74, 6) is -0.108. The number of carbonyl (C=O) groups excluding carboxylic acids is 1. The second-order valence-corrected chi connectivity index (χ2v) is 3.96. The van der Waals surface area contributed by atoms with Gasteiger partial charge in [-0.1, -0.05) is 36.4 Å². The first-order chi connectivity index (χ1) is 9.25. The standard InChI is InChI=1S/C16H14O3/c17-15-10-8-13(9-11-15)5-4-12-19-16(18)14-6-2-1-3-7-14/h1-11,17H,12H2/b5-4+. The highest BCUT2D eigenvalue weighted by molar-refractivity contribution is 5.89. The van der Waals surface area contributed by atoms with Gasteiger partial charge in [0.2, 0.25) is 0 Å². The molecule has 1 N–H and O–H groups in total. The van der Waals surface area contributed by atoms with Crippen LogP contribution < -0.4 is 0 Å². The Balaban J connectivity index is 1.83. The summed E-state index contributed by atoms with van der Waals surface area (Å²) >= 11 is 0. The molecule has 0 unspecified atom stereocenters. The van der Waals surface area contributed by atoms with Crippen molar-refractivity contribution in [3.05, 3.63) is 71.8 Å². The number of carbonyl (C=O) groups is 1. The molecule has 0 spiro atoms. The van der Waals surface area contributed by atoms with Gasteiger partial charge in [0.25, 0.3) is 0 Å². The molecule has 0 radical (unpaired) electrons. The van der Waals surface area contributed by atoms with E-state index in [1.807, 2.05) is 12.1 Å². The van der Waals surface area contributed by atoms with Crippen molar-refractivity contribution in [2.45, 2.75) is 0 Å². The van der Waals surface area contributed by atoms with Crippen LogP contribution in [0.2, 0.25) is 0 Å². The van der Waals surface area contributed by atoms with Crippen LogP contribution in [0.3, 0.4) is 0 Å². The lowest BCUT2D eigenvalue weighted by Crippen LogP contribution is -2.04. The van der Waals surface area contributed by atoms with Crippen molar-refractivity contribution in [2.24, 2.45) is 0 Å². The molecule has 0 heterocycles. The maximum Gasteiger partial charge on any atom is 0.338 e. The van der Waals surface area contributed by atoms with E-state index in [1.165, 1.54) is 0 Å². The zero-order chi connectivity index (χ0) is 13.5. The molecule has 96 valence electrons. The summed E-state index contributed by atoms with van der Waals surface area (Å²) in [5, 5.41) is 9.13. The third-order valence-electron chi connectivity index (χ3n) is 2.52. The molecular weight excluding hydrogens is 240 g/mol. The summed E-state index contributed by atoms with van der Waals surface area (Å²) in [6.45, 7) is 0.217. The predicted octanol–water partition coefficient (Wildman–Crippen LogP) is 3.26. The highest BCUT2D eigenvalue weighted by Gasteiger charge is 2.03. The number of phenolic OH excluding ortho intramolecular Hbond substituents is 1. The summed E-state index contributed by atoms with van der Waals surface area (Å²) in [5.41, 5.74) is 1.48. The molecule has 0 aliphatic carbocycles. The third kappa shape index (κ3) is 4.00. The molecule has 0 aliphatic rings. The summed E-state index contributed by atoms with van der Waals surface area (Å²) < 4.78 is 5.10. The van der Waals surface area contributed by atoms with E-state index >= 15 is 0 Å². The van der Waals surface area contributed by atoms with Crippen molar-refractivity contribution >= 4 is 12.0 Å². The lowest BCUT2D eigenvalue weighted by Gasteiger charge is -2.01. The zero-order valence-corrected chi connectivity index (χ0v) is 10.3. The van der Waals surface area contributed by atoms with Gasteiger partial charge in [0.05, 0.1) is 5.56 Å². The first-order valence-electron chi connectivity index (χ1n) is 5.93. The van der Waals surface area contributed by atoms with E-state index in [9.17, 15) is 4.79 Å². The second kappa shape index (κ2) is 6.40. The van der Waals surface area contributed by atoms with Crippen LogP contribution in [0.1, 0.15) is 15.9 Å². The minimum Gasteiger partial charge on any atom is -0.508 e. The van der Waals surface area contributed by atoms with Crippen LogP contribution in [0.25, 0.3) is 6.08 Å². The fourth-order valence-corrected chi connectivity index (χ4v) is 1.55. The van der Waals surface area contributed by atoms with Crippen LogP contribution in [0.4, 0.5) is 0 Å². The van der Waals surface area contributed by atoms with Crippen molar-refractivity contribution in [1.82, 2.24) is 0 Å². The Hall–Kier alpha value is -2.55. The number of esters is 1. The monoisotopic (exact) mass is 254 g/mol. The quantitative estimate of drug-likeness (QED) is 0.852. The molecule has 3 heteroatoms. The molecule has 2 aromatic rings. The summed E-state index contributed by atoms with van der Waals surface area (Å²) in [6, 6.07) is 15.6. The fourth-order valence-electron chi connectivity index (χ4n) is 1.55. The van der Waals surface area contributed by atoms with Gasteiger partial charge in [-0.2, -0.15) is 0 Å². The number of ether oxygens (including phenoxy) is 1. The normalized spacial score (nSPS) is 10.5. The number of benzene rings is 2. The van der Waals surface area contributed by atoms with Crippen LogP contribution >= 0.6 is 0 Å². The Kier molecular flexibility index (Phi) is 4.34. The molecule has 3 nitrogen and oxygen atoms in total. The van der Waals surface area contributed by atoms with Crippen molar-refractivity contribution in [2.75, 3.05) is 6.61 Å². The highest BCUT2D eigenvalue weighted by Crippen LogP contribution is 2.10. The van der Waals surface area contributed by atoms with Gasteiger partial charge in [0.1, 0.15) is 12.4 Å². The van der Waals surface area contributed by atoms with E-state index in [2.05, 4.69) is 0 Å². The van der Waals surface area contributed by atoms with E-state index in [0.29, 0.717) is 5.56 Å². The molecule has 0 saturated carbocycles. The highest BCUT2D eigenvalue weighted by atomic mass is 16.5. The van der Waals surface area contributed by atoms with E-state index < -0.39 is 0 Å². The summed E-state index contributed by atoms with van der Waals surface area (Å²) in [7, 11) is 0. The Morgan fingerprint density at radius 3 is 2.42 bits per heavy atom. The fraction of sp³-hybridized carbons (Fsp3) is 0.0625. The number of aromatic hydroxyl groups is 1. The number of phenols is 1. The number of rotatable bonds is 4. The summed E-state index contributed by atoms with van der Waals surface area (Å²) in [4.78, 5) is 11.6. The van der Waals surface area contributed by atoms with Gasteiger partial charge in [0.15, 0.2) is 0 Å². The molecular formula is C16H14O3. The van der Waals surface area contributed by atoms with Crippen LogP contribution in [-0.4, -0.2) is 17.7 Å². The average molecular weight is 254 g/mol. The van der Waals surface area contributed by atoms with Crippen LogP contribution in [0.5, 0.6) is 5.75 Å². The van der Waals surface area contributed by atoms with Gasteiger partial charge in [0, 0.05) is 0 Å². The molecule has 0 atom stereocenters. The Bertz CT molecular complexity index is 556. The maximum absolute atomic E-state index is 11.6. The second-order valence-electron chi connectivity index (χ2n) is 3.96. The Labute approximate surface area is 111 Å². The molecule has 19 heavy (non-hydrogen) atoms. The SMILES string of the molecule is O=C(OC/C=C/c1ccc(O)cc1)c1ccccc1. The average Bonchev–Trinajstić information content (AvgIpc) is 2.46. The first kappa shape index (κ1) is 12.9. The van der Waals surface area contributed by atoms with E-state index in [0.717, 1.165) is 5.56 Å². The van der Waals surface area contributed by atoms with E-state index in [4.69, 9.17) is 9.84 Å². The molecule has 2 aromatic carbocycles. The molecule has 0 aliphatic heterocycles. The lowest BCUT2D eigenvalue weighted by atomic mass is 10.2. The van der Waals surface area contributed by atoms with E-state index in [1.54, 1.807) is 54.6 Å². The van der Waals surface area contributed by atoms with Gasteiger partial charge < -0.3 is 9.84 Å². The zero-order valence-electron chi connectivity index (χ0n) is 10.3. The van der Waals surface area contributed by atoms with Crippen LogP contribution in [-0.2, 0) is 4.74 Å². The smallest absolute Gasteiger partial charge is 0.338 e. The van der Waals surface area contributed by atoms with Crippen molar-refractivity contribution in [3.63, 3.8) is 0 Å². The van der Waals surface area contributed by atoms with Gasteiger partial charge in [-0.05, 0) is 35.9 Å². The molecule has 0 amide bonds. The van der Waals surface area contributed by atoms with Crippen molar-refractivity contribution in [3.8, 4) is 5.75 Å². The van der Waals surface area contributed by atoms with E-state index in [-0.39, 0.29) is 18.3 Å². The van der Waals surface area contributed by atoms with Gasteiger partial charge in [-0.3, -0.25) is 0 Å². The van der Waals surface area contributed by atoms with Crippen molar-refractivity contribution < 1.29 is 14.6 Å². The van der Waals surface area contributed by atoms with Gasteiger partial charge >= 0.3 is 5.97 Å².